The van der Waals surface area contributed by atoms with Crippen molar-refractivity contribution < 1.29 is 0 Å². The third kappa shape index (κ3) is 3.99. The Kier molecular flexibility index (Phi) is 5.95. The quantitative estimate of drug-likeness (QED) is 0.786. The van der Waals surface area contributed by atoms with Crippen molar-refractivity contribution >= 4 is 5.82 Å². The van der Waals surface area contributed by atoms with Gasteiger partial charge in [-0.3, -0.25) is 0 Å². The molecule has 0 aromatic carbocycles. The number of aromatic nitrogens is 2. The van der Waals surface area contributed by atoms with Gasteiger partial charge >= 0.3 is 0 Å². The molecule has 17 heavy (non-hydrogen) atoms. The zero-order valence-electron chi connectivity index (χ0n) is 11.6. The molecule has 0 fully saturated rings. The Morgan fingerprint density at radius 3 is 2.41 bits per heavy atom. The average Bonchev–Trinajstić information content (AvgIpc) is 2.36. The fourth-order valence-electron chi connectivity index (χ4n) is 1.78. The van der Waals surface area contributed by atoms with E-state index in [1.165, 1.54) is 24.1 Å². The van der Waals surface area contributed by atoms with Crippen molar-refractivity contribution in [3.8, 4) is 0 Å². The van der Waals surface area contributed by atoms with Crippen molar-refractivity contribution in [2.24, 2.45) is 0 Å². The molecule has 1 aromatic rings. The second-order valence-electron chi connectivity index (χ2n) is 4.44. The molecule has 96 valence electrons. The van der Waals surface area contributed by atoms with Crippen LogP contribution in [-0.2, 0) is 12.8 Å². The van der Waals surface area contributed by atoms with Crippen LogP contribution < -0.4 is 5.32 Å². The van der Waals surface area contributed by atoms with Gasteiger partial charge in [0.1, 0.15) is 11.6 Å². The predicted octanol–water partition coefficient (Wildman–Crippen LogP) is 3.51. The summed E-state index contributed by atoms with van der Waals surface area (Å²) in [5.41, 5.74) is 2.45. The van der Waals surface area contributed by atoms with Gasteiger partial charge in [0.2, 0.25) is 0 Å². The number of aryl methyl sites for hydroxylation is 2. The monoisotopic (exact) mass is 235 g/mol. The Bertz CT molecular complexity index is 318. The number of hydrogen-bond donors (Lipinski definition) is 1. The first-order valence-corrected chi connectivity index (χ1v) is 6.83. The maximum atomic E-state index is 4.65. The zero-order valence-corrected chi connectivity index (χ0v) is 11.6. The molecule has 0 saturated carbocycles. The highest BCUT2D eigenvalue weighted by Gasteiger charge is 2.09. The Hall–Kier alpha value is -1.12. The summed E-state index contributed by atoms with van der Waals surface area (Å²) in [5.74, 6) is 1.99. The van der Waals surface area contributed by atoms with Crippen molar-refractivity contribution in [3.63, 3.8) is 0 Å². The van der Waals surface area contributed by atoms with E-state index in [1.807, 2.05) is 0 Å². The van der Waals surface area contributed by atoms with E-state index in [9.17, 15) is 0 Å². The zero-order chi connectivity index (χ0) is 12.7. The van der Waals surface area contributed by atoms with Crippen LogP contribution in [-0.4, -0.2) is 16.5 Å². The smallest absolute Gasteiger partial charge is 0.132 e. The highest BCUT2D eigenvalue weighted by Crippen LogP contribution is 2.17. The normalized spacial score (nSPS) is 10.6. The highest BCUT2D eigenvalue weighted by atomic mass is 15.0. The van der Waals surface area contributed by atoms with Gasteiger partial charge < -0.3 is 5.32 Å². The minimum Gasteiger partial charge on any atom is -0.370 e. The molecule has 0 unspecified atom stereocenters. The van der Waals surface area contributed by atoms with Crippen LogP contribution in [0.2, 0.25) is 0 Å². The van der Waals surface area contributed by atoms with Gasteiger partial charge in [0.05, 0.1) is 0 Å². The number of hydrogen-bond acceptors (Lipinski definition) is 3. The van der Waals surface area contributed by atoms with E-state index in [0.29, 0.717) is 0 Å². The molecule has 0 radical (unpaired) electrons. The van der Waals surface area contributed by atoms with E-state index < -0.39 is 0 Å². The van der Waals surface area contributed by atoms with Crippen LogP contribution >= 0.6 is 0 Å². The summed E-state index contributed by atoms with van der Waals surface area (Å²) < 4.78 is 0. The molecule has 1 N–H and O–H groups in total. The molecular formula is C14H25N3. The molecule has 0 aliphatic carbocycles. The minimum atomic E-state index is 0.903. The van der Waals surface area contributed by atoms with E-state index in [0.717, 1.165) is 37.4 Å². The lowest BCUT2D eigenvalue weighted by Gasteiger charge is -2.13. The molecule has 0 aliphatic rings. The van der Waals surface area contributed by atoms with Crippen molar-refractivity contribution in [1.29, 1.82) is 0 Å². The van der Waals surface area contributed by atoms with E-state index in [1.54, 1.807) is 0 Å². The first kappa shape index (κ1) is 13.9. The van der Waals surface area contributed by atoms with Gasteiger partial charge in [0.25, 0.3) is 0 Å². The lowest BCUT2D eigenvalue weighted by molar-refractivity contribution is 0.754. The lowest BCUT2D eigenvalue weighted by atomic mass is 10.1. The standard InChI is InChI=1S/C14H25N3/c1-5-8-9-12-11(4)14(15-10-6-2)17-13(7-3)16-12/h5-10H2,1-4H3,(H,15,16,17). The van der Waals surface area contributed by atoms with Crippen LogP contribution in [0.15, 0.2) is 0 Å². The highest BCUT2D eigenvalue weighted by molar-refractivity contribution is 5.45. The maximum absolute atomic E-state index is 4.65. The number of anilines is 1. The molecule has 0 saturated heterocycles. The SMILES string of the molecule is CCCCc1nc(CC)nc(NCCC)c1C. The molecule has 0 spiro atoms. The molecule has 3 heteroatoms. The van der Waals surface area contributed by atoms with Gasteiger partial charge in [-0.2, -0.15) is 0 Å². The molecule has 0 atom stereocenters. The second kappa shape index (κ2) is 7.25. The van der Waals surface area contributed by atoms with Crippen LogP contribution in [0.1, 0.15) is 57.1 Å². The second-order valence-corrected chi connectivity index (χ2v) is 4.44. The molecule has 0 bridgehead atoms. The fourth-order valence-corrected chi connectivity index (χ4v) is 1.78. The molecule has 0 amide bonds. The van der Waals surface area contributed by atoms with Gasteiger partial charge in [-0.1, -0.05) is 27.2 Å². The topological polar surface area (TPSA) is 37.8 Å². The van der Waals surface area contributed by atoms with E-state index in [2.05, 4.69) is 43.0 Å². The molecule has 0 aliphatic heterocycles. The third-order valence-corrected chi connectivity index (χ3v) is 2.92. The van der Waals surface area contributed by atoms with Crippen LogP contribution in [0.5, 0.6) is 0 Å². The van der Waals surface area contributed by atoms with Gasteiger partial charge in [-0.15, -0.1) is 0 Å². The molecule has 1 aromatic heterocycles. The average molecular weight is 235 g/mol. The Morgan fingerprint density at radius 2 is 1.82 bits per heavy atom. The number of nitrogens with zero attached hydrogens (tertiary/aromatic N) is 2. The number of unbranched alkanes of at least 4 members (excludes halogenated alkanes) is 1. The van der Waals surface area contributed by atoms with Crippen LogP contribution in [0, 0.1) is 6.92 Å². The van der Waals surface area contributed by atoms with Crippen molar-refractivity contribution in [2.45, 2.75) is 59.8 Å². The van der Waals surface area contributed by atoms with E-state index in [-0.39, 0.29) is 0 Å². The van der Waals surface area contributed by atoms with Crippen LogP contribution in [0.25, 0.3) is 0 Å². The summed E-state index contributed by atoms with van der Waals surface area (Å²) >= 11 is 0. The molecule has 1 heterocycles. The largest absolute Gasteiger partial charge is 0.370 e. The lowest BCUT2D eigenvalue weighted by Crippen LogP contribution is -2.10. The first-order valence-electron chi connectivity index (χ1n) is 6.83. The Labute approximate surface area is 105 Å². The van der Waals surface area contributed by atoms with Crippen LogP contribution in [0.4, 0.5) is 5.82 Å². The third-order valence-electron chi connectivity index (χ3n) is 2.92. The van der Waals surface area contributed by atoms with Crippen molar-refractivity contribution in [3.05, 3.63) is 17.1 Å². The summed E-state index contributed by atoms with van der Waals surface area (Å²) in [4.78, 5) is 9.22. The Morgan fingerprint density at radius 1 is 1.06 bits per heavy atom. The minimum absolute atomic E-state index is 0.903. The summed E-state index contributed by atoms with van der Waals surface area (Å²) in [6.07, 6.45) is 5.50. The van der Waals surface area contributed by atoms with Crippen molar-refractivity contribution in [2.75, 3.05) is 11.9 Å². The number of rotatable bonds is 7. The maximum Gasteiger partial charge on any atom is 0.132 e. The van der Waals surface area contributed by atoms with Crippen molar-refractivity contribution in [1.82, 2.24) is 9.97 Å². The van der Waals surface area contributed by atoms with Gasteiger partial charge in [0.15, 0.2) is 0 Å². The summed E-state index contributed by atoms with van der Waals surface area (Å²) in [7, 11) is 0. The van der Waals surface area contributed by atoms with Crippen LogP contribution in [0.3, 0.4) is 0 Å². The van der Waals surface area contributed by atoms with Gasteiger partial charge in [0, 0.05) is 24.2 Å². The van der Waals surface area contributed by atoms with E-state index >= 15 is 0 Å². The van der Waals surface area contributed by atoms with E-state index in [4.69, 9.17) is 0 Å². The summed E-state index contributed by atoms with van der Waals surface area (Å²) in [5, 5.41) is 3.40. The predicted molar refractivity (Wildman–Crippen MR) is 73.5 cm³/mol. The first-order chi connectivity index (χ1) is 8.22. The Balaban J connectivity index is 2.94. The fraction of sp³-hybridized carbons (Fsp3) is 0.714. The summed E-state index contributed by atoms with van der Waals surface area (Å²) in [6, 6.07) is 0. The molecule has 1 rings (SSSR count). The van der Waals surface area contributed by atoms with Gasteiger partial charge in [-0.25, -0.2) is 9.97 Å². The number of nitrogens with one attached hydrogen (secondary N) is 1. The van der Waals surface area contributed by atoms with Gasteiger partial charge in [-0.05, 0) is 26.2 Å². The molecule has 3 nitrogen and oxygen atoms in total. The summed E-state index contributed by atoms with van der Waals surface area (Å²) in [6.45, 7) is 9.60. The molecular weight excluding hydrogens is 210 g/mol.